The zero-order valence-corrected chi connectivity index (χ0v) is 16.6. The Hall–Kier alpha value is -3.73. The lowest BCUT2D eigenvalue weighted by molar-refractivity contribution is -0.117. The normalized spacial score (nSPS) is 14.8. The zero-order chi connectivity index (χ0) is 20.8. The molecular formula is C25H23N3O2. The van der Waals surface area contributed by atoms with E-state index in [1.165, 1.54) is 6.08 Å². The quantitative estimate of drug-likeness (QED) is 0.636. The summed E-state index contributed by atoms with van der Waals surface area (Å²) >= 11 is 0. The number of anilines is 1. The molecule has 1 aromatic heterocycles. The highest BCUT2D eigenvalue weighted by atomic mass is 16.2. The van der Waals surface area contributed by atoms with Crippen LogP contribution in [-0.4, -0.2) is 23.3 Å². The van der Waals surface area contributed by atoms with Crippen molar-refractivity contribution in [3.8, 4) is 0 Å². The number of amides is 2. The summed E-state index contributed by atoms with van der Waals surface area (Å²) in [6, 6.07) is 22.8. The van der Waals surface area contributed by atoms with E-state index < -0.39 is 0 Å². The fraction of sp³-hybridized carbons (Fsp3) is 0.160. The number of carbonyl (C=O) groups is 2. The number of pyridine rings is 1. The van der Waals surface area contributed by atoms with Crippen molar-refractivity contribution in [3.05, 3.63) is 102 Å². The SMILES string of the molecule is O=C(/C=C/c1ccc(N2CCCC2=O)cc1)NC(c1ccccc1)c1ccccn1. The lowest BCUT2D eigenvalue weighted by atomic mass is 10.0. The van der Waals surface area contributed by atoms with Gasteiger partial charge in [-0.05, 0) is 47.9 Å². The fourth-order valence-electron chi connectivity index (χ4n) is 3.57. The third-order valence-electron chi connectivity index (χ3n) is 5.11. The Balaban J connectivity index is 1.45. The minimum Gasteiger partial charge on any atom is -0.340 e. The number of hydrogen-bond acceptors (Lipinski definition) is 3. The van der Waals surface area contributed by atoms with Crippen molar-refractivity contribution >= 4 is 23.6 Å². The monoisotopic (exact) mass is 397 g/mol. The number of rotatable bonds is 6. The highest BCUT2D eigenvalue weighted by molar-refractivity contribution is 5.95. The van der Waals surface area contributed by atoms with Crippen LogP contribution < -0.4 is 10.2 Å². The predicted octanol–water partition coefficient (Wildman–Crippen LogP) is 4.13. The summed E-state index contributed by atoms with van der Waals surface area (Å²) in [5.41, 5.74) is 3.55. The van der Waals surface area contributed by atoms with Gasteiger partial charge in [-0.15, -0.1) is 0 Å². The third-order valence-corrected chi connectivity index (χ3v) is 5.11. The van der Waals surface area contributed by atoms with Gasteiger partial charge in [-0.3, -0.25) is 14.6 Å². The van der Waals surface area contributed by atoms with E-state index in [0.29, 0.717) is 6.42 Å². The van der Waals surface area contributed by atoms with Crippen molar-refractivity contribution in [1.82, 2.24) is 10.3 Å². The molecule has 2 aromatic carbocycles. The minimum atomic E-state index is -0.326. The predicted molar refractivity (Wildman–Crippen MR) is 118 cm³/mol. The van der Waals surface area contributed by atoms with Gasteiger partial charge in [0.1, 0.15) is 0 Å². The van der Waals surface area contributed by atoms with Gasteiger partial charge < -0.3 is 10.2 Å². The van der Waals surface area contributed by atoms with Crippen LogP contribution >= 0.6 is 0 Å². The molecule has 2 heterocycles. The Labute approximate surface area is 176 Å². The fourth-order valence-corrected chi connectivity index (χ4v) is 3.57. The van der Waals surface area contributed by atoms with E-state index in [9.17, 15) is 9.59 Å². The molecule has 1 unspecified atom stereocenters. The van der Waals surface area contributed by atoms with Crippen LogP contribution in [0.15, 0.2) is 85.1 Å². The van der Waals surface area contributed by atoms with Gasteiger partial charge in [0.2, 0.25) is 11.8 Å². The molecule has 0 bridgehead atoms. The second kappa shape index (κ2) is 9.18. The van der Waals surface area contributed by atoms with Crippen LogP contribution in [0.25, 0.3) is 6.08 Å². The second-order valence-electron chi connectivity index (χ2n) is 7.18. The highest BCUT2D eigenvalue weighted by Gasteiger charge is 2.21. The van der Waals surface area contributed by atoms with Gasteiger partial charge in [-0.25, -0.2) is 0 Å². The summed E-state index contributed by atoms with van der Waals surface area (Å²) in [5, 5.41) is 3.04. The number of nitrogens with one attached hydrogen (secondary N) is 1. The van der Waals surface area contributed by atoms with Crippen LogP contribution in [0.4, 0.5) is 5.69 Å². The highest BCUT2D eigenvalue weighted by Crippen LogP contribution is 2.22. The molecule has 1 fully saturated rings. The second-order valence-corrected chi connectivity index (χ2v) is 7.18. The summed E-state index contributed by atoms with van der Waals surface area (Å²) < 4.78 is 0. The van der Waals surface area contributed by atoms with Crippen LogP contribution in [0.2, 0.25) is 0 Å². The van der Waals surface area contributed by atoms with E-state index in [1.807, 2.05) is 72.8 Å². The van der Waals surface area contributed by atoms with Crippen molar-refractivity contribution in [2.24, 2.45) is 0 Å². The van der Waals surface area contributed by atoms with E-state index in [1.54, 1.807) is 17.2 Å². The maximum atomic E-state index is 12.6. The molecule has 1 atom stereocenters. The van der Waals surface area contributed by atoms with E-state index in [0.717, 1.165) is 35.5 Å². The first kappa shape index (κ1) is 19.6. The number of aromatic nitrogens is 1. The van der Waals surface area contributed by atoms with E-state index in [2.05, 4.69) is 10.3 Å². The first-order valence-electron chi connectivity index (χ1n) is 10.1. The van der Waals surface area contributed by atoms with Crippen molar-refractivity contribution < 1.29 is 9.59 Å². The molecule has 2 amide bonds. The lowest BCUT2D eigenvalue weighted by Crippen LogP contribution is -2.28. The molecule has 0 radical (unpaired) electrons. The number of carbonyl (C=O) groups excluding carboxylic acids is 2. The molecule has 5 heteroatoms. The average molecular weight is 397 g/mol. The molecule has 1 aliphatic rings. The first-order chi connectivity index (χ1) is 14.7. The molecule has 150 valence electrons. The van der Waals surface area contributed by atoms with Crippen molar-refractivity contribution in [3.63, 3.8) is 0 Å². The van der Waals surface area contributed by atoms with Gasteiger partial charge in [0.05, 0.1) is 11.7 Å². The van der Waals surface area contributed by atoms with E-state index in [-0.39, 0.29) is 17.9 Å². The Morgan fingerprint density at radius 3 is 2.43 bits per heavy atom. The summed E-state index contributed by atoms with van der Waals surface area (Å²) in [5.74, 6) is -0.0348. The zero-order valence-electron chi connectivity index (χ0n) is 16.6. The van der Waals surface area contributed by atoms with Crippen LogP contribution in [0.1, 0.15) is 35.7 Å². The Kier molecular flexibility index (Phi) is 5.99. The molecule has 1 N–H and O–H groups in total. The molecule has 1 saturated heterocycles. The standard InChI is InChI=1S/C25H23N3O2/c29-23(16-13-19-11-14-21(15-12-19)28-18-6-10-24(28)30)27-25(20-7-2-1-3-8-20)22-9-4-5-17-26-22/h1-5,7-9,11-17,25H,6,10,18H2,(H,27,29)/b16-13+. The molecule has 5 nitrogen and oxygen atoms in total. The molecule has 30 heavy (non-hydrogen) atoms. The Morgan fingerprint density at radius 1 is 1.00 bits per heavy atom. The molecule has 3 aromatic rings. The Bertz CT molecular complexity index is 992. The molecular weight excluding hydrogens is 374 g/mol. The summed E-state index contributed by atoms with van der Waals surface area (Å²) in [4.78, 5) is 30.7. The van der Waals surface area contributed by atoms with Crippen molar-refractivity contribution in [2.75, 3.05) is 11.4 Å². The summed E-state index contributed by atoms with van der Waals surface area (Å²) in [7, 11) is 0. The Morgan fingerprint density at radius 2 is 1.77 bits per heavy atom. The van der Waals surface area contributed by atoms with Crippen LogP contribution in [-0.2, 0) is 9.59 Å². The molecule has 0 aliphatic carbocycles. The molecule has 0 saturated carbocycles. The van der Waals surface area contributed by atoms with Gasteiger partial charge >= 0.3 is 0 Å². The van der Waals surface area contributed by atoms with Crippen molar-refractivity contribution in [1.29, 1.82) is 0 Å². The van der Waals surface area contributed by atoms with Crippen molar-refractivity contribution in [2.45, 2.75) is 18.9 Å². The van der Waals surface area contributed by atoms with Crippen LogP contribution in [0.5, 0.6) is 0 Å². The first-order valence-corrected chi connectivity index (χ1v) is 10.1. The van der Waals surface area contributed by atoms with Crippen LogP contribution in [0, 0.1) is 0 Å². The molecule has 0 spiro atoms. The largest absolute Gasteiger partial charge is 0.340 e. The van der Waals surface area contributed by atoms with Gasteiger partial charge in [0.25, 0.3) is 0 Å². The van der Waals surface area contributed by atoms with Crippen LogP contribution in [0.3, 0.4) is 0 Å². The van der Waals surface area contributed by atoms with Gasteiger partial charge in [0, 0.05) is 30.9 Å². The lowest BCUT2D eigenvalue weighted by Gasteiger charge is -2.18. The van der Waals surface area contributed by atoms with Gasteiger partial charge in [-0.1, -0.05) is 48.5 Å². The average Bonchev–Trinajstić information content (AvgIpc) is 3.23. The number of benzene rings is 2. The minimum absolute atomic E-state index is 0.166. The van der Waals surface area contributed by atoms with Gasteiger partial charge in [0.15, 0.2) is 0 Å². The molecule has 1 aliphatic heterocycles. The summed E-state index contributed by atoms with van der Waals surface area (Å²) in [6.07, 6.45) is 6.53. The number of nitrogens with zero attached hydrogens (tertiary/aromatic N) is 2. The topological polar surface area (TPSA) is 62.3 Å². The third kappa shape index (κ3) is 4.63. The van der Waals surface area contributed by atoms with E-state index in [4.69, 9.17) is 0 Å². The number of hydrogen-bond donors (Lipinski definition) is 1. The summed E-state index contributed by atoms with van der Waals surface area (Å²) in [6.45, 7) is 0.769. The maximum absolute atomic E-state index is 12.6. The van der Waals surface area contributed by atoms with E-state index >= 15 is 0 Å². The smallest absolute Gasteiger partial charge is 0.244 e. The molecule has 4 rings (SSSR count). The maximum Gasteiger partial charge on any atom is 0.244 e. The van der Waals surface area contributed by atoms with Gasteiger partial charge in [-0.2, -0.15) is 0 Å².